The Bertz CT molecular complexity index is 601. The lowest BCUT2D eigenvalue weighted by Gasteiger charge is -2.17. The number of hydrogen-bond donors (Lipinski definition) is 4. The van der Waals surface area contributed by atoms with Crippen molar-refractivity contribution in [3.63, 3.8) is 0 Å². The number of nitrogens with zero attached hydrogens (tertiary/aromatic N) is 3. The third-order valence-electron chi connectivity index (χ3n) is 3.33. The summed E-state index contributed by atoms with van der Waals surface area (Å²) in [5.41, 5.74) is 6.23. The van der Waals surface area contributed by atoms with E-state index in [9.17, 15) is 10.2 Å². The normalized spacial score (nSPS) is 31.1. The van der Waals surface area contributed by atoms with Crippen LogP contribution in [0.1, 0.15) is 6.23 Å². The van der Waals surface area contributed by atoms with Gasteiger partial charge in [-0.15, -0.1) is 0 Å². The number of rotatable bonds is 2. The molecule has 8 nitrogen and oxygen atoms in total. The van der Waals surface area contributed by atoms with Crippen molar-refractivity contribution < 1.29 is 20.1 Å². The van der Waals surface area contributed by atoms with Gasteiger partial charge in [-0.25, -0.2) is 9.97 Å². The quantitative estimate of drug-likeness (QED) is 0.528. The average Bonchev–Trinajstić information content (AvgIpc) is 2.94. The topological polar surface area (TPSA) is 127 Å². The van der Waals surface area contributed by atoms with Gasteiger partial charge in [-0.2, -0.15) is 0 Å². The molecule has 0 amide bonds. The van der Waals surface area contributed by atoms with Crippen molar-refractivity contribution in [2.24, 2.45) is 0 Å². The molecule has 0 radical (unpaired) electrons. The van der Waals surface area contributed by atoms with Crippen LogP contribution in [0.2, 0.25) is 0 Å². The van der Waals surface area contributed by atoms with Gasteiger partial charge in [0.1, 0.15) is 36.1 Å². The molecule has 0 spiro atoms. The maximum Gasteiger partial charge on any atom is 0.164 e. The molecular weight excluding hydrogens is 252 g/mol. The van der Waals surface area contributed by atoms with Gasteiger partial charge in [-0.05, 0) is 6.07 Å². The van der Waals surface area contributed by atoms with Gasteiger partial charge in [-0.1, -0.05) is 0 Å². The number of aliphatic hydroxyl groups is 3. The predicted octanol–water partition coefficient (Wildman–Crippen LogP) is -1.38. The molecule has 2 aromatic rings. The van der Waals surface area contributed by atoms with E-state index in [0.717, 1.165) is 0 Å². The van der Waals surface area contributed by atoms with Crippen LogP contribution < -0.4 is 5.73 Å². The minimum Gasteiger partial charge on any atom is -0.394 e. The monoisotopic (exact) mass is 266 g/mol. The van der Waals surface area contributed by atoms with E-state index < -0.39 is 24.5 Å². The number of nitrogens with two attached hydrogens (primary N) is 1. The second-order valence-electron chi connectivity index (χ2n) is 4.45. The van der Waals surface area contributed by atoms with Gasteiger partial charge in [0.2, 0.25) is 0 Å². The Morgan fingerprint density at radius 1 is 1.32 bits per heavy atom. The highest BCUT2D eigenvalue weighted by Gasteiger charge is 2.43. The zero-order valence-corrected chi connectivity index (χ0v) is 9.92. The van der Waals surface area contributed by atoms with Crippen LogP contribution in [-0.4, -0.2) is 54.8 Å². The summed E-state index contributed by atoms with van der Waals surface area (Å²) in [4.78, 5) is 7.97. The van der Waals surface area contributed by atoms with Crippen molar-refractivity contribution in [2.75, 3.05) is 12.3 Å². The van der Waals surface area contributed by atoms with Crippen LogP contribution in [0.5, 0.6) is 0 Å². The molecule has 102 valence electrons. The van der Waals surface area contributed by atoms with Crippen molar-refractivity contribution in [3.8, 4) is 0 Å². The third-order valence-corrected chi connectivity index (χ3v) is 3.33. The molecule has 8 heteroatoms. The van der Waals surface area contributed by atoms with Crippen LogP contribution in [0.25, 0.3) is 11.0 Å². The van der Waals surface area contributed by atoms with Gasteiger partial charge in [0.15, 0.2) is 6.23 Å². The first-order valence-corrected chi connectivity index (χ1v) is 5.83. The summed E-state index contributed by atoms with van der Waals surface area (Å²) >= 11 is 0. The molecule has 1 aliphatic heterocycles. The van der Waals surface area contributed by atoms with Gasteiger partial charge >= 0.3 is 0 Å². The summed E-state index contributed by atoms with van der Waals surface area (Å²) < 4.78 is 7.01. The van der Waals surface area contributed by atoms with Crippen LogP contribution in [0.4, 0.5) is 5.82 Å². The van der Waals surface area contributed by atoms with Crippen molar-refractivity contribution >= 4 is 16.9 Å². The summed E-state index contributed by atoms with van der Waals surface area (Å²) in [5.74, 6) is 0.329. The Kier molecular flexibility index (Phi) is 2.86. The van der Waals surface area contributed by atoms with E-state index in [1.54, 1.807) is 16.8 Å². The Morgan fingerprint density at radius 3 is 2.79 bits per heavy atom. The summed E-state index contributed by atoms with van der Waals surface area (Å²) in [6.45, 7) is -0.370. The van der Waals surface area contributed by atoms with Gasteiger partial charge in [0.05, 0.1) is 12.0 Å². The van der Waals surface area contributed by atoms with Crippen LogP contribution >= 0.6 is 0 Å². The third kappa shape index (κ3) is 1.77. The lowest BCUT2D eigenvalue weighted by Crippen LogP contribution is -2.33. The van der Waals surface area contributed by atoms with Crippen LogP contribution in [-0.2, 0) is 4.74 Å². The molecule has 1 saturated heterocycles. The smallest absolute Gasteiger partial charge is 0.164 e. The zero-order valence-electron chi connectivity index (χ0n) is 9.92. The summed E-state index contributed by atoms with van der Waals surface area (Å²) in [6, 6.07) is 1.71. The number of anilines is 1. The minimum atomic E-state index is -1.15. The first-order valence-electron chi connectivity index (χ1n) is 5.83. The predicted molar refractivity (Wildman–Crippen MR) is 64.9 cm³/mol. The summed E-state index contributed by atoms with van der Waals surface area (Å²) in [7, 11) is 0. The standard InChI is InChI=1S/C11H14N4O4/c12-9-5-1-2-15(10(5)14-4-13-9)11-8(18)7(17)6(3-16)19-11/h1-2,4,6-8,11,16-18H,3H2,(H2,12,13,14)/t6?,7?,8-,11?/m0/s1. The van der Waals surface area contributed by atoms with Crippen molar-refractivity contribution in [3.05, 3.63) is 18.6 Å². The highest BCUT2D eigenvalue weighted by atomic mass is 16.6. The minimum absolute atomic E-state index is 0.329. The summed E-state index contributed by atoms with van der Waals surface area (Å²) in [6.07, 6.45) is -0.975. The molecule has 5 N–H and O–H groups in total. The molecule has 0 bridgehead atoms. The number of hydrogen-bond acceptors (Lipinski definition) is 7. The Labute approximate surface area is 108 Å². The van der Waals surface area contributed by atoms with E-state index in [1.165, 1.54) is 6.33 Å². The van der Waals surface area contributed by atoms with Crippen molar-refractivity contribution in [1.82, 2.24) is 14.5 Å². The second kappa shape index (κ2) is 4.42. The number of aliphatic hydroxyl groups excluding tert-OH is 3. The molecule has 1 fully saturated rings. The zero-order chi connectivity index (χ0) is 13.6. The van der Waals surface area contributed by atoms with E-state index in [-0.39, 0.29) is 6.61 Å². The highest BCUT2D eigenvalue weighted by molar-refractivity contribution is 5.86. The fourth-order valence-corrected chi connectivity index (χ4v) is 2.31. The first kappa shape index (κ1) is 12.3. The number of fused-ring (bicyclic) bond motifs is 1. The van der Waals surface area contributed by atoms with E-state index in [0.29, 0.717) is 16.9 Å². The Hall–Kier alpha value is -1.74. The van der Waals surface area contributed by atoms with Gasteiger partial charge in [0.25, 0.3) is 0 Å². The maximum atomic E-state index is 9.98. The first-order chi connectivity index (χ1) is 9.13. The lowest BCUT2D eigenvalue weighted by molar-refractivity contribution is -0.0508. The fourth-order valence-electron chi connectivity index (χ4n) is 2.31. The number of ether oxygens (including phenoxy) is 1. The largest absolute Gasteiger partial charge is 0.394 e. The Balaban J connectivity index is 2.04. The fraction of sp³-hybridized carbons (Fsp3) is 0.455. The van der Waals surface area contributed by atoms with Crippen LogP contribution in [0.15, 0.2) is 18.6 Å². The molecule has 1 aliphatic rings. The maximum absolute atomic E-state index is 9.98. The van der Waals surface area contributed by atoms with Crippen LogP contribution in [0, 0.1) is 0 Å². The summed E-state index contributed by atoms with van der Waals surface area (Å²) in [5, 5.41) is 29.4. The van der Waals surface area contributed by atoms with E-state index in [4.69, 9.17) is 15.6 Å². The van der Waals surface area contributed by atoms with Crippen LogP contribution in [0.3, 0.4) is 0 Å². The molecule has 0 saturated carbocycles. The van der Waals surface area contributed by atoms with Gasteiger partial charge < -0.3 is 30.4 Å². The van der Waals surface area contributed by atoms with E-state index in [2.05, 4.69) is 9.97 Å². The second-order valence-corrected chi connectivity index (χ2v) is 4.45. The SMILES string of the molecule is Nc1ncnc2c1ccn2C1OC(CO)C(O)[C@@H]1O. The molecule has 19 heavy (non-hydrogen) atoms. The number of nitrogen functional groups attached to an aromatic ring is 1. The average molecular weight is 266 g/mol. The molecule has 3 heterocycles. The lowest BCUT2D eigenvalue weighted by atomic mass is 10.1. The van der Waals surface area contributed by atoms with Crippen molar-refractivity contribution in [1.29, 1.82) is 0 Å². The molecule has 2 aromatic heterocycles. The van der Waals surface area contributed by atoms with E-state index in [1.807, 2.05) is 0 Å². The number of aromatic nitrogens is 3. The molecule has 4 atom stereocenters. The molecular formula is C11H14N4O4. The van der Waals surface area contributed by atoms with Crippen molar-refractivity contribution in [2.45, 2.75) is 24.5 Å². The van der Waals surface area contributed by atoms with Gasteiger partial charge in [0, 0.05) is 6.20 Å². The van der Waals surface area contributed by atoms with Gasteiger partial charge in [-0.3, -0.25) is 0 Å². The molecule has 0 aromatic carbocycles. The Morgan fingerprint density at radius 2 is 2.11 bits per heavy atom. The highest BCUT2D eigenvalue weighted by Crippen LogP contribution is 2.32. The molecule has 0 aliphatic carbocycles. The van der Waals surface area contributed by atoms with E-state index >= 15 is 0 Å². The molecule has 3 unspecified atom stereocenters. The molecule has 3 rings (SSSR count).